The SMILES string of the molecule is Cl.Cl.N#Cc1ccc2c(c1)[C@H](N1CCNCC1)[C@@H](OCc1cc(Br)cc(Br)c1)CC2. The normalized spacial score (nSPS) is 21.0. The predicted molar refractivity (Wildman–Crippen MR) is 132 cm³/mol. The zero-order valence-corrected chi connectivity index (χ0v) is 21.2. The number of nitriles is 1. The molecule has 1 saturated heterocycles. The Morgan fingerprint density at radius 1 is 1.07 bits per heavy atom. The molecule has 0 radical (unpaired) electrons. The summed E-state index contributed by atoms with van der Waals surface area (Å²) in [4.78, 5) is 2.52. The van der Waals surface area contributed by atoms with Gasteiger partial charge in [0.25, 0.3) is 0 Å². The number of nitrogens with one attached hydrogen (secondary N) is 1. The number of rotatable bonds is 4. The zero-order chi connectivity index (χ0) is 19.5. The van der Waals surface area contributed by atoms with Crippen molar-refractivity contribution in [1.29, 1.82) is 5.26 Å². The van der Waals surface area contributed by atoms with Crippen LogP contribution in [0.1, 0.15) is 34.7 Å². The maximum atomic E-state index is 9.39. The molecule has 1 aliphatic heterocycles. The number of fused-ring (bicyclic) bond motifs is 1. The molecule has 8 heteroatoms. The van der Waals surface area contributed by atoms with Crippen LogP contribution in [0.15, 0.2) is 45.3 Å². The number of hydrogen-bond acceptors (Lipinski definition) is 4. The van der Waals surface area contributed by atoms with Gasteiger partial charge in [0.2, 0.25) is 0 Å². The fourth-order valence-electron chi connectivity index (χ4n) is 4.29. The van der Waals surface area contributed by atoms with Gasteiger partial charge in [0.15, 0.2) is 0 Å². The number of piperazine rings is 1. The van der Waals surface area contributed by atoms with E-state index in [1.807, 2.05) is 12.1 Å². The summed E-state index contributed by atoms with van der Waals surface area (Å²) >= 11 is 7.12. The summed E-state index contributed by atoms with van der Waals surface area (Å²) in [6.07, 6.45) is 2.12. The summed E-state index contributed by atoms with van der Waals surface area (Å²) in [5.41, 5.74) is 4.51. The first-order valence-corrected chi connectivity index (χ1v) is 11.3. The maximum absolute atomic E-state index is 9.39. The molecule has 2 atom stereocenters. The molecule has 0 aromatic heterocycles. The second-order valence-corrected chi connectivity index (χ2v) is 9.25. The first-order valence-electron chi connectivity index (χ1n) is 9.68. The van der Waals surface area contributed by atoms with Crippen LogP contribution < -0.4 is 5.32 Å². The molecule has 0 spiro atoms. The van der Waals surface area contributed by atoms with Gasteiger partial charge in [-0.3, -0.25) is 4.90 Å². The molecule has 0 bridgehead atoms. The molecule has 1 aliphatic carbocycles. The van der Waals surface area contributed by atoms with E-state index >= 15 is 0 Å². The molecule has 2 aromatic carbocycles. The van der Waals surface area contributed by atoms with Crippen LogP contribution in [0.5, 0.6) is 0 Å². The van der Waals surface area contributed by atoms with E-state index in [2.05, 4.69) is 72.4 Å². The Morgan fingerprint density at radius 2 is 1.77 bits per heavy atom. The highest BCUT2D eigenvalue weighted by Gasteiger charge is 2.35. The number of halogens is 4. The summed E-state index contributed by atoms with van der Waals surface area (Å²) in [5, 5.41) is 12.8. The van der Waals surface area contributed by atoms with Gasteiger partial charge in [-0.2, -0.15) is 5.26 Å². The summed E-state index contributed by atoms with van der Waals surface area (Å²) < 4.78 is 8.58. The van der Waals surface area contributed by atoms with Crippen molar-refractivity contribution in [3.05, 3.63) is 67.6 Å². The molecular weight excluding hydrogens is 553 g/mol. The Labute approximate surface area is 207 Å². The van der Waals surface area contributed by atoms with E-state index in [1.54, 1.807) is 0 Å². The van der Waals surface area contributed by atoms with Gasteiger partial charge in [0, 0.05) is 35.1 Å². The van der Waals surface area contributed by atoms with Crippen molar-refractivity contribution >= 4 is 56.7 Å². The van der Waals surface area contributed by atoms with Crippen molar-refractivity contribution in [1.82, 2.24) is 10.2 Å². The quantitative estimate of drug-likeness (QED) is 0.528. The van der Waals surface area contributed by atoms with Gasteiger partial charge in [-0.25, -0.2) is 0 Å². The van der Waals surface area contributed by atoms with Crippen molar-refractivity contribution in [3.63, 3.8) is 0 Å². The van der Waals surface area contributed by atoms with E-state index in [-0.39, 0.29) is 37.0 Å². The van der Waals surface area contributed by atoms with Crippen LogP contribution in [-0.4, -0.2) is 37.2 Å². The lowest BCUT2D eigenvalue weighted by molar-refractivity contribution is -0.0378. The molecule has 2 aromatic rings. The Hall–Kier alpha value is -0.650. The fourth-order valence-corrected chi connectivity index (χ4v) is 5.68. The van der Waals surface area contributed by atoms with Crippen LogP contribution in [0.3, 0.4) is 0 Å². The minimum atomic E-state index is 0. The van der Waals surface area contributed by atoms with Gasteiger partial charge < -0.3 is 10.1 Å². The third-order valence-electron chi connectivity index (χ3n) is 5.58. The molecule has 2 aliphatic rings. The Kier molecular flexibility index (Phi) is 10.1. The van der Waals surface area contributed by atoms with Crippen LogP contribution in [0.2, 0.25) is 0 Å². The van der Waals surface area contributed by atoms with E-state index in [1.165, 1.54) is 11.1 Å². The Morgan fingerprint density at radius 3 is 2.43 bits per heavy atom. The number of ether oxygens (including phenoxy) is 1. The second kappa shape index (κ2) is 11.8. The maximum Gasteiger partial charge on any atom is 0.0991 e. The van der Waals surface area contributed by atoms with Crippen LogP contribution in [0.25, 0.3) is 0 Å². The van der Waals surface area contributed by atoms with Crippen molar-refractivity contribution < 1.29 is 4.74 Å². The largest absolute Gasteiger partial charge is 0.372 e. The minimum Gasteiger partial charge on any atom is -0.372 e. The summed E-state index contributed by atoms with van der Waals surface area (Å²) in [6.45, 7) is 4.58. The molecule has 1 heterocycles. The monoisotopic (exact) mass is 575 g/mol. The molecule has 1 fully saturated rings. The topological polar surface area (TPSA) is 48.3 Å². The van der Waals surface area contributed by atoms with Gasteiger partial charge in [-0.15, -0.1) is 24.8 Å². The predicted octanol–water partition coefficient (Wildman–Crippen LogP) is 5.40. The van der Waals surface area contributed by atoms with Gasteiger partial charge >= 0.3 is 0 Å². The summed E-state index contributed by atoms with van der Waals surface area (Å²) in [6, 6.07) is 14.9. The average Bonchev–Trinajstić information content (AvgIpc) is 2.71. The standard InChI is InChI=1S/C22H23Br2N3O.2ClH/c23-18-9-16(10-19(24)12-18)14-28-21-4-3-17-2-1-15(13-25)11-20(17)22(21)27-7-5-26-6-8-27;;/h1-2,9-12,21-22,26H,3-8,14H2;2*1H/t21-,22-;;/m0../s1. The van der Waals surface area contributed by atoms with Crippen molar-refractivity contribution in [3.8, 4) is 6.07 Å². The average molecular weight is 578 g/mol. The van der Waals surface area contributed by atoms with Gasteiger partial charge in [-0.05, 0) is 59.9 Å². The molecule has 0 amide bonds. The third-order valence-corrected chi connectivity index (χ3v) is 6.49. The van der Waals surface area contributed by atoms with Crippen molar-refractivity contribution in [2.75, 3.05) is 26.2 Å². The van der Waals surface area contributed by atoms with Gasteiger partial charge in [0.1, 0.15) is 0 Å². The van der Waals surface area contributed by atoms with E-state index < -0.39 is 0 Å². The van der Waals surface area contributed by atoms with Crippen LogP contribution in [-0.2, 0) is 17.8 Å². The summed E-state index contributed by atoms with van der Waals surface area (Å²) in [7, 11) is 0. The molecule has 4 rings (SSSR count). The van der Waals surface area contributed by atoms with E-state index in [9.17, 15) is 5.26 Å². The molecule has 0 unspecified atom stereocenters. The highest BCUT2D eigenvalue weighted by Crippen LogP contribution is 2.37. The zero-order valence-electron chi connectivity index (χ0n) is 16.4. The lowest BCUT2D eigenvalue weighted by Gasteiger charge is -2.42. The van der Waals surface area contributed by atoms with E-state index in [4.69, 9.17) is 4.74 Å². The molecule has 162 valence electrons. The smallest absolute Gasteiger partial charge is 0.0991 e. The lowest BCUT2D eigenvalue weighted by atomic mass is 9.83. The molecular formula is C22H25Br2Cl2N3O. The first-order chi connectivity index (χ1) is 13.6. The Bertz CT molecular complexity index is 880. The van der Waals surface area contributed by atoms with Gasteiger partial charge in [0.05, 0.1) is 30.4 Å². The van der Waals surface area contributed by atoms with Crippen molar-refractivity contribution in [2.24, 2.45) is 0 Å². The van der Waals surface area contributed by atoms with Crippen LogP contribution in [0.4, 0.5) is 0 Å². The van der Waals surface area contributed by atoms with E-state index in [0.29, 0.717) is 6.61 Å². The Balaban J connectivity index is 0.00000160. The first kappa shape index (κ1) is 25.6. The lowest BCUT2D eigenvalue weighted by Crippen LogP contribution is -2.49. The molecule has 0 saturated carbocycles. The van der Waals surface area contributed by atoms with Crippen molar-refractivity contribution in [2.45, 2.75) is 31.6 Å². The minimum absolute atomic E-state index is 0. The van der Waals surface area contributed by atoms with Gasteiger partial charge in [-0.1, -0.05) is 37.9 Å². The number of aryl methyl sites for hydroxylation is 1. The second-order valence-electron chi connectivity index (χ2n) is 7.42. The molecule has 30 heavy (non-hydrogen) atoms. The van der Waals surface area contributed by atoms with Crippen LogP contribution >= 0.6 is 56.7 Å². The highest BCUT2D eigenvalue weighted by molar-refractivity contribution is 9.11. The fraction of sp³-hybridized carbons (Fsp3) is 0.409. The number of hydrogen-bond donors (Lipinski definition) is 1. The third kappa shape index (κ3) is 5.98. The summed E-state index contributed by atoms with van der Waals surface area (Å²) in [5.74, 6) is 0. The highest BCUT2D eigenvalue weighted by atomic mass is 79.9. The van der Waals surface area contributed by atoms with Crippen LogP contribution in [0, 0.1) is 11.3 Å². The number of benzene rings is 2. The number of nitrogens with zero attached hydrogens (tertiary/aromatic N) is 2. The molecule has 1 N–H and O–H groups in total. The van der Waals surface area contributed by atoms with E-state index in [0.717, 1.165) is 59.1 Å². The molecule has 4 nitrogen and oxygen atoms in total.